The van der Waals surface area contributed by atoms with Crippen LogP contribution >= 0.6 is 0 Å². The van der Waals surface area contributed by atoms with Crippen molar-refractivity contribution in [3.05, 3.63) is 96.1 Å². The minimum atomic E-state index is -0.0452. The third-order valence-electron chi connectivity index (χ3n) is 9.56. The molecule has 4 saturated carbocycles. The van der Waals surface area contributed by atoms with Gasteiger partial charge in [-0.15, -0.1) is 0 Å². The van der Waals surface area contributed by atoms with Gasteiger partial charge in [0.15, 0.2) is 0 Å². The number of nitrogen functional groups attached to an aromatic ring is 2. The topological polar surface area (TPSA) is 111 Å². The molecule has 0 spiro atoms. The Morgan fingerprint density at radius 3 is 1.27 bits per heavy atom. The second kappa shape index (κ2) is 9.40. The maximum Gasteiger partial charge on any atom is 0.138 e. The molecule has 6 N–H and O–H groups in total. The summed E-state index contributed by atoms with van der Waals surface area (Å²) in [4.78, 5) is 0. The van der Waals surface area contributed by atoms with Crippen LogP contribution in [0.5, 0.6) is 34.5 Å². The highest BCUT2D eigenvalue weighted by Gasteiger charge is 2.58. The standard InChI is InChI=1S/C34H34N2O4/c35-30-18-28(9-11-32(30)37)39-26-5-1-22(2-6-26)34(24-14-20-13-21(16-24)17-25(34)15-20)23-3-7-27(8-4-23)40-29-10-12-33(38)31(36)19-29/h1-12,18-21,24-25,37-38H,13-17,35-36H2. The van der Waals surface area contributed by atoms with Gasteiger partial charge in [0.1, 0.15) is 34.5 Å². The van der Waals surface area contributed by atoms with Crippen LogP contribution in [0.1, 0.15) is 43.2 Å². The zero-order valence-corrected chi connectivity index (χ0v) is 22.3. The Hall–Kier alpha value is -4.32. The van der Waals surface area contributed by atoms with Gasteiger partial charge in [0, 0.05) is 17.5 Å². The fourth-order valence-corrected chi connectivity index (χ4v) is 8.10. The highest BCUT2D eigenvalue weighted by atomic mass is 16.5. The lowest BCUT2D eigenvalue weighted by molar-refractivity contribution is -0.0418. The first-order valence-electron chi connectivity index (χ1n) is 14.1. The van der Waals surface area contributed by atoms with E-state index in [0.29, 0.717) is 34.7 Å². The maximum atomic E-state index is 9.74. The lowest BCUT2D eigenvalue weighted by atomic mass is 9.42. The summed E-state index contributed by atoms with van der Waals surface area (Å²) in [6.07, 6.45) is 6.52. The van der Waals surface area contributed by atoms with Crippen molar-refractivity contribution < 1.29 is 19.7 Å². The molecule has 4 aliphatic carbocycles. The zero-order chi connectivity index (χ0) is 27.4. The summed E-state index contributed by atoms with van der Waals surface area (Å²) in [7, 11) is 0. The first-order chi connectivity index (χ1) is 19.4. The molecule has 6 heteroatoms. The van der Waals surface area contributed by atoms with Crippen LogP contribution in [0.4, 0.5) is 11.4 Å². The number of phenols is 2. The van der Waals surface area contributed by atoms with Gasteiger partial charge in [-0.3, -0.25) is 0 Å². The molecule has 0 aliphatic heterocycles. The van der Waals surface area contributed by atoms with Gasteiger partial charge in [-0.25, -0.2) is 0 Å². The van der Waals surface area contributed by atoms with Gasteiger partial charge >= 0.3 is 0 Å². The van der Waals surface area contributed by atoms with Crippen LogP contribution in [-0.2, 0) is 5.41 Å². The van der Waals surface area contributed by atoms with Crippen LogP contribution in [0.15, 0.2) is 84.9 Å². The average molecular weight is 535 g/mol. The van der Waals surface area contributed by atoms with Gasteiger partial charge < -0.3 is 31.2 Å². The lowest BCUT2D eigenvalue weighted by Gasteiger charge is -2.62. The van der Waals surface area contributed by atoms with Crippen LogP contribution in [0.2, 0.25) is 0 Å². The minimum absolute atomic E-state index is 0.0452. The summed E-state index contributed by atoms with van der Waals surface area (Å²) >= 11 is 0. The highest BCUT2D eigenvalue weighted by molar-refractivity contribution is 5.57. The summed E-state index contributed by atoms with van der Waals surface area (Å²) in [5.74, 6) is 5.69. The molecule has 0 amide bonds. The van der Waals surface area contributed by atoms with E-state index in [0.717, 1.165) is 23.3 Å². The number of nitrogens with two attached hydrogens (primary N) is 2. The molecule has 4 aromatic rings. The predicted octanol–water partition coefficient (Wildman–Crippen LogP) is 7.59. The summed E-state index contributed by atoms with van der Waals surface area (Å²) in [6.45, 7) is 0. The molecule has 204 valence electrons. The molecule has 4 bridgehead atoms. The van der Waals surface area contributed by atoms with Crippen molar-refractivity contribution >= 4 is 11.4 Å². The number of hydrogen-bond acceptors (Lipinski definition) is 6. The van der Waals surface area contributed by atoms with E-state index in [2.05, 4.69) is 48.5 Å². The lowest BCUT2D eigenvalue weighted by Crippen LogP contribution is -2.56. The van der Waals surface area contributed by atoms with Crippen molar-refractivity contribution in [2.45, 2.75) is 37.5 Å². The van der Waals surface area contributed by atoms with Gasteiger partial charge in [0.2, 0.25) is 0 Å². The van der Waals surface area contributed by atoms with E-state index in [-0.39, 0.29) is 16.9 Å². The highest BCUT2D eigenvalue weighted by Crippen LogP contribution is 2.65. The number of ether oxygens (including phenoxy) is 2. The first-order valence-corrected chi connectivity index (χ1v) is 14.1. The van der Waals surface area contributed by atoms with E-state index in [9.17, 15) is 10.2 Å². The van der Waals surface area contributed by atoms with E-state index in [1.165, 1.54) is 43.2 Å². The predicted molar refractivity (Wildman–Crippen MR) is 156 cm³/mol. The Bertz CT molecular complexity index is 1420. The minimum Gasteiger partial charge on any atom is -0.506 e. The molecule has 0 heterocycles. The average Bonchev–Trinajstić information content (AvgIpc) is 2.94. The van der Waals surface area contributed by atoms with Crippen molar-refractivity contribution in [2.24, 2.45) is 23.7 Å². The molecule has 4 aliphatic rings. The van der Waals surface area contributed by atoms with E-state index in [4.69, 9.17) is 20.9 Å². The van der Waals surface area contributed by atoms with E-state index >= 15 is 0 Å². The van der Waals surface area contributed by atoms with Crippen LogP contribution in [0.3, 0.4) is 0 Å². The second-order valence-electron chi connectivity index (χ2n) is 11.9. The van der Waals surface area contributed by atoms with Crippen molar-refractivity contribution in [3.8, 4) is 34.5 Å². The summed E-state index contributed by atoms with van der Waals surface area (Å²) in [5.41, 5.74) is 14.9. The molecule has 0 unspecified atom stereocenters. The van der Waals surface area contributed by atoms with Crippen LogP contribution in [-0.4, -0.2) is 10.2 Å². The first kappa shape index (κ1) is 24.7. The number of rotatable bonds is 6. The molecule has 0 saturated heterocycles. The molecule has 8 rings (SSSR count). The molecule has 40 heavy (non-hydrogen) atoms. The smallest absolute Gasteiger partial charge is 0.138 e. The molecule has 4 fully saturated rings. The van der Waals surface area contributed by atoms with Gasteiger partial charge in [0.05, 0.1) is 11.4 Å². The van der Waals surface area contributed by atoms with Gasteiger partial charge in [-0.05, 0) is 115 Å². The van der Waals surface area contributed by atoms with E-state index < -0.39 is 0 Å². The van der Waals surface area contributed by atoms with Crippen molar-refractivity contribution in [3.63, 3.8) is 0 Å². The Kier molecular flexibility index (Phi) is 5.81. The molecule has 6 nitrogen and oxygen atoms in total. The molecule has 4 aromatic carbocycles. The van der Waals surface area contributed by atoms with E-state index in [1.54, 1.807) is 36.4 Å². The SMILES string of the molecule is Nc1cc(Oc2ccc(C3(c4ccc(Oc5ccc(O)c(N)c5)cc4)C4CC5CC(C4)CC3C5)cc2)ccc1O. The van der Waals surface area contributed by atoms with Crippen molar-refractivity contribution in [2.75, 3.05) is 11.5 Å². The van der Waals surface area contributed by atoms with Crippen molar-refractivity contribution in [1.29, 1.82) is 0 Å². The Balaban J connectivity index is 1.22. The van der Waals surface area contributed by atoms with Gasteiger partial charge in [0.25, 0.3) is 0 Å². The zero-order valence-electron chi connectivity index (χ0n) is 22.3. The quantitative estimate of drug-likeness (QED) is 0.150. The number of phenolic OH excluding ortho intramolecular Hbond substituents is 2. The number of aromatic hydroxyl groups is 2. The van der Waals surface area contributed by atoms with Crippen LogP contribution in [0.25, 0.3) is 0 Å². The third kappa shape index (κ3) is 4.10. The molecular weight excluding hydrogens is 500 g/mol. The fourth-order valence-electron chi connectivity index (χ4n) is 8.10. The number of hydrogen-bond donors (Lipinski definition) is 4. The summed E-state index contributed by atoms with van der Waals surface area (Å²) in [6, 6.07) is 27.0. The number of anilines is 2. The largest absolute Gasteiger partial charge is 0.506 e. The van der Waals surface area contributed by atoms with Gasteiger partial charge in [-0.1, -0.05) is 24.3 Å². The van der Waals surface area contributed by atoms with Crippen LogP contribution < -0.4 is 20.9 Å². The molecule has 0 radical (unpaired) electrons. The molecular formula is C34H34N2O4. The third-order valence-corrected chi connectivity index (χ3v) is 9.56. The molecule has 0 aromatic heterocycles. The Labute approximate surface area is 234 Å². The van der Waals surface area contributed by atoms with Gasteiger partial charge in [-0.2, -0.15) is 0 Å². The Morgan fingerprint density at radius 2 is 0.900 bits per heavy atom. The number of benzene rings is 4. The second-order valence-corrected chi connectivity index (χ2v) is 11.9. The van der Waals surface area contributed by atoms with E-state index in [1.807, 2.05) is 0 Å². The Morgan fingerprint density at radius 1 is 0.525 bits per heavy atom. The maximum absolute atomic E-state index is 9.74. The van der Waals surface area contributed by atoms with Crippen LogP contribution in [0, 0.1) is 23.7 Å². The summed E-state index contributed by atoms with van der Waals surface area (Å²) < 4.78 is 12.1. The summed E-state index contributed by atoms with van der Waals surface area (Å²) in [5, 5.41) is 19.5. The fraction of sp³-hybridized carbons (Fsp3) is 0.294. The monoisotopic (exact) mass is 534 g/mol. The molecule has 0 atom stereocenters. The normalized spacial score (nSPS) is 24.1. The van der Waals surface area contributed by atoms with Crippen molar-refractivity contribution in [1.82, 2.24) is 0 Å².